The molecular formula is C19H16FNO3S. The van der Waals surface area contributed by atoms with Crippen LogP contribution >= 0.6 is 0 Å². The van der Waals surface area contributed by atoms with E-state index in [0.29, 0.717) is 18.0 Å². The highest BCUT2D eigenvalue weighted by Gasteiger charge is 2.14. The van der Waals surface area contributed by atoms with Crippen LogP contribution in [-0.4, -0.2) is 8.42 Å². The van der Waals surface area contributed by atoms with Crippen LogP contribution in [0.4, 0.5) is 10.1 Å². The standard InChI is InChI=1S/C19H16FNO3S/c20-16-7-4-8-19(13-16)25(22,23)21-17-9-11-18(12-10-17)24-14-15-5-2-1-3-6-15/h1-13,21H,14H2. The molecule has 0 bridgehead atoms. The second-order valence-corrected chi connectivity index (χ2v) is 7.04. The number of halogens is 1. The van der Waals surface area contributed by atoms with Crippen LogP contribution in [0.2, 0.25) is 0 Å². The van der Waals surface area contributed by atoms with Gasteiger partial charge in [-0.25, -0.2) is 12.8 Å². The molecule has 3 aromatic rings. The van der Waals surface area contributed by atoms with Crippen molar-refractivity contribution in [3.63, 3.8) is 0 Å². The molecule has 3 rings (SSSR count). The Labute approximate surface area is 146 Å². The minimum absolute atomic E-state index is 0.128. The fourth-order valence-electron chi connectivity index (χ4n) is 2.21. The Morgan fingerprint density at radius 3 is 2.28 bits per heavy atom. The zero-order valence-electron chi connectivity index (χ0n) is 13.2. The maximum atomic E-state index is 13.2. The van der Waals surface area contributed by atoms with E-state index in [1.807, 2.05) is 30.3 Å². The van der Waals surface area contributed by atoms with E-state index in [9.17, 15) is 12.8 Å². The van der Waals surface area contributed by atoms with Crippen LogP contribution in [-0.2, 0) is 16.6 Å². The van der Waals surface area contributed by atoms with Crippen molar-refractivity contribution < 1.29 is 17.5 Å². The highest BCUT2D eigenvalue weighted by molar-refractivity contribution is 7.92. The van der Waals surface area contributed by atoms with Gasteiger partial charge in [0.25, 0.3) is 10.0 Å². The molecule has 6 heteroatoms. The second-order valence-electron chi connectivity index (χ2n) is 5.36. The van der Waals surface area contributed by atoms with E-state index >= 15 is 0 Å². The summed E-state index contributed by atoms with van der Waals surface area (Å²) in [7, 11) is -3.83. The Balaban J connectivity index is 1.66. The van der Waals surface area contributed by atoms with Gasteiger partial charge in [-0.15, -0.1) is 0 Å². The number of benzene rings is 3. The predicted octanol–water partition coefficient (Wildman–Crippen LogP) is 4.21. The predicted molar refractivity (Wildman–Crippen MR) is 94.4 cm³/mol. The third-order valence-corrected chi connectivity index (χ3v) is 4.84. The maximum Gasteiger partial charge on any atom is 0.261 e. The number of sulfonamides is 1. The average Bonchev–Trinajstić information content (AvgIpc) is 2.62. The van der Waals surface area contributed by atoms with Gasteiger partial charge in [-0.1, -0.05) is 36.4 Å². The molecule has 0 spiro atoms. The van der Waals surface area contributed by atoms with E-state index in [1.165, 1.54) is 18.2 Å². The Morgan fingerprint density at radius 1 is 0.880 bits per heavy atom. The van der Waals surface area contributed by atoms with Crippen molar-refractivity contribution >= 4 is 15.7 Å². The molecule has 0 amide bonds. The Hall–Kier alpha value is -2.86. The summed E-state index contributed by atoms with van der Waals surface area (Å²) in [6.45, 7) is 0.426. The third kappa shape index (κ3) is 4.58. The van der Waals surface area contributed by atoms with Crippen molar-refractivity contribution in [2.75, 3.05) is 4.72 Å². The zero-order chi connectivity index (χ0) is 17.7. The molecule has 0 fully saturated rings. The van der Waals surface area contributed by atoms with Crippen LogP contribution in [0.15, 0.2) is 83.8 Å². The number of rotatable bonds is 6. The van der Waals surface area contributed by atoms with Crippen molar-refractivity contribution in [1.82, 2.24) is 0 Å². The highest BCUT2D eigenvalue weighted by atomic mass is 32.2. The van der Waals surface area contributed by atoms with Gasteiger partial charge in [-0.3, -0.25) is 4.72 Å². The fourth-order valence-corrected chi connectivity index (χ4v) is 3.30. The largest absolute Gasteiger partial charge is 0.489 e. The van der Waals surface area contributed by atoms with Gasteiger partial charge < -0.3 is 4.74 Å². The SMILES string of the molecule is O=S(=O)(Nc1ccc(OCc2ccccc2)cc1)c1cccc(F)c1. The van der Waals surface area contributed by atoms with E-state index < -0.39 is 15.8 Å². The molecule has 1 N–H and O–H groups in total. The van der Waals surface area contributed by atoms with Crippen molar-refractivity contribution in [2.24, 2.45) is 0 Å². The van der Waals surface area contributed by atoms with E-state index in [-0.39, 0.29) is 4.90 Å². The first-order chi connectivity index (χ1) is 12.0. The summed E-state index contributed by atoms with van der Waals surface area (Å²) in [4.78, 5) is -0.128. The van der Waals surface area contributed by atoms with Crippen LogP contribution in [0.25, 0.3) is 0 Å². The second kappa shape index (κ2) is 7.36. The van der Waals surface area contributed by atoms with Gasteiger partial charge >= 0.3 is 0 Å². The lowest BCUT2D eigenvalue weighted by Gasteiger charge is -2.10. The molecule has 0 atom stereocenters. The van der Waals surface area contributed by atoms with Gasteiger partial charge in [-0.2, -0.15) is 0 Å². The fraction of sp³-hybridized carbons (Fsp3) is 0.0526. The first-order valence-electron chi connectivity index (χ1n) is 7.58. The Bertz CT molecular complexity index is 942. The minimum atomic E-state index is -3.83. The van der Waals surface area contributed by atoms with Crippen LogP contribution in [0, 0.1) is 5.82 Å². The van der Waals surface area contributed by atoms with Gasteiger partial charge in [0, 0.05) is 5.69 Å². The van der Waals surface area contributed by atoms with Crippen LogP contribution in [0.5, 0.6) is 5.75 Å². The number of ether oxygens (including phenoxy) is 1. The molecule has 0 radical (unpaired) electrons. The van der Waals surface area contributed by atoms with E-state index in [2.05, 4.69) is 4.72 Å². The van der Waals surface area contributed by atoms with Gasteiger partial charge in [0.05, 0.1) is 4.90 Å². The molecule has 3 aromatic carbocycles. The molecule has 0 unspecified atom stereocenters. The molecule has 0 aliphatic carbocycles. The maximum absolute atomic E-state index is 13.2. The summed E-state index contributed by atoms with van der Waals surface area (Å²) in [5.74, 6) is 0.0186. The summed E-state index contributed by atoms with van der Waals surface area (Å²) in [6.07, 6.45) is 0. The van der Waals surface area contributed by atoms with Crippen LogP contribution in [0.3, 0.4) is 0 Å². The molecule has 4 nitrogen and oxygen atoms in total. The quantitative estimate of drug-likeness (QED) is 0.719. The summed E-state index contributed by atoms with van der Waals surface area (Å²) in [5.41, 5.74) is 1.41. The highest BCUT2D eigenvalue weighted by Crippen LogP contribution is 2.20. The first kappa shape index (κ1) is 17.0. The molecule has 128 valence electrons. The lowest BCUT2D eigenvalue weighted by atomic mass is 10.2. The van der Waals surface area contributed by atoms with Crippen molar-refractivity contribution in [1.29, 1.82) is 0 Å². The smallest absolute Gasteiger partial charge is 0.261 e. The Kier molecular flexibility index (Phi) is 5.00. The number of nitrogens with one attached hydrogen (secondary N) is 1. The molecule has 0 saturated heterocycles. The first-order valence-corrected chi connectivity index (χ1v) is 9.06. The van der Waals surface area contributed by atoms with E-state index in [0.717, 1.165) is 11.6 Å². The minimum Gasteiger partial charge on any atom is -0.489 e. The molecule has 25 heavy (non-hydrogen) atoms. The monoisotopic (exact) mass is 357 g/mol. The number of anilines is 1. The van der Waals surface area contributed by atoms with Gasteiger partial charge in [0.15, 0.2) is 0 Å². The third-order valence-electron chi connectivity index (χ3n) is 3.46. The summed E-state index contributed by atoms with van der Waals surface area (Å²) >= 11 is 0. The molecule has 0 aliphatic rings. The van der Waals surface area contributed by atoms with Crippen LogP contribution < -0.4 is 9.46 Å². The van der Waals surface area contributed by atoms with E-state index in [1.54, 1.807) is 24.3 Å². The summed E-state index contributed by atoms with van der Waals surface area (Å²) in [5, 5.41) is 0. The van der Waals surface area contributed by atoms with Crippen molar-refractivity contribution in [2.45, 2.75) is 11.5 Å². The molecule has 0 aliphatic heterocycles. The number of hydrogen-bond acceptors (Lipinski definition) is 3. The lowest BCUT2D eigenvalue weighted by molar-refractivity contribution is 0.306. The van der Waals surface area contributed by atoms with Crippen LogP contribution in [0.1, 0.15) is 5.56 Å². The van der Waals surface area contributed by atoms with Crippen molar-refractivity contribution in [3.05, 3.63) is 90.2 Å². The van der Waals surface area contributed by atoms with Gasteiger partial charge in [0.1, 0.15) is 18.2 Å². The Morgan fingerprint density at radius 2 is 1.60 bits per heavy atom. The molecular weight excluding hydrogens is 341 g/mol. The summed E-state index contributed by atoms with van der Waals surface area (Å²) < 4.78 is 45.7. The zero-order valence-corrected chi connectivity index (χ0v) is 14.0. The van der Waals surface area contributed by atoms with E-state index in [4.69, 9.17) is 4.74 Å². The lowest BCUT2D eigenvalue weighted by Crippen LogP contribution is -2.13. The molecule has 0 aromatic heterocycles. The van der Waals surface area contributed by atoms with Gasteiger partial charge in [0.2, 0.25) is 0 Å². The number of hydrogen-bond donors (Lipinski definition) is 1. The van der Waals surface area contributed by atoms with Gasteiger partial charge in [-0.05, 0) is 48.0 Å². The molecule has 0 heterocycles. The average molecular weight is 357 g/mol. The van der Waals surface area contributed by atoms with Crippen molar-refractivity contribution in [3.8, 4) is 5.75 Å². The topological polar surface area (TPSA) is 55.4 Å². The summed E-state index contributed by atoms with van der Waals surface area (Å²) in [6, 6.07) is 21.1. The normalized spacial score (nSPS) is 11.1. The molecule has 0 saturated carbocycles.